The van der Waals surface area contributed by atoms with Gasteiger partial charge in [-0.15, -0.1) is 0 Å². The summed E-state index contributed by atoms with van der Waals surface area (Å²) in [6.45, 7) is 5.80. The second-order valence-corrected chi connectivity index (χ2v) is 5.75. The summed E-state index contributed by atoms with van der Waals surface area (Å²) < 4.78 is 0. The Morgan fingerprint density at radius 2 is 1.85 bits per heavy atom. The third-order valence-electron chi connectivity index (χ3n) is 4.64. The summed E-state index contributed by atoms with van der Waals surface area (Å²) in [6.07, 6.45) is 3.30. The second kappa shape index (κ2) is 6.43. The zero-order valence-corrected chi connectivity index (χ0v) is 12.4. The molecule has 0 spiro atoms. The summed E-state index contributed by atoms with van der Waals surface area (Å²) in [6, 6.07) is -0.522. The molecular formula is C14H25N3O3. The van der Waals surface area contributed by atoms with Gasteiger partial charge in [0.1, 0.15) is 6.04 Å². The molecular weight excluding hydrogens is 258 g/mol. The van der Waals surface area contributed by atoms with Crippen molar-refractivity contribution in [2.24, 2.45) is 0 Å². The van der Waals surface area contributed by atoms with Crippen LogP contribution < -0.4 is 0 Å². The zero-order chi connectivity index (χ0) is 14.7. The van der Waals surface area contributed by atoms with Gasteiger partial charge < -0.3 is 19.8 Å². The summed E-state index contributed by atoms with van der Waals surface area (Å²) >= 11 is 0. The fourth-order valence-corrected chi connectivity index (χ4v) is 3.23. The van der Waals surface area contributed by atoms with Crippen molar-refractivity contribution in [2.45, 2.75) is 44.7 Å². The number of amides is 2. The molecule has 1 unspecified atom stereocenters. The van der Waals surface area contributed by atoms with Gasteiger partial charge in [-0.1, -0.05) is 6.92 Å². The maximum atomic E-state index is 12.5. The van der Waals surface area contributed by atoms with E-state index in [-0.39, 0.29) is 12.1 Å². The quantitative estimate of drug-likeness (QED) is 0.841. The fourth-order valence-electron chi connectivity index (χ4n) is 3.23. The average molecular weight is 283 g/mol. The zero-order valence-electron chi connectivity index (χ0n) is 12.4. The van der Waals surface area contributed by atoms with E-state index in [1.807, 2.05) is 7.05 Å². The molecule has 2 rings (SSSR count). The number of piperidine rings is 1. The van der Waals surface area contributed by atoms with Crippen molar-refractivity contribution in [3.05, 3.63) is 0 Å². The summed E-state index contributed by atoms with van der Waals surface area (Å²) in [4.78, 5) is 29.3. The maximum Gasteiger partial charge on any atom is 0.326 e. The Morgan fingerprint density at radius 3 is 2.40 bits per heavy atom. The van der Waals surface area contributed by atoms with Crippen LogP contribution in [0.2, 0.25) is 0 Å². The van der Waals surface area contributed by atoms with Crippen LogP contribution in [0.4, 0.5) is 4.79 Å². The fraction of sp³-hybridized carbons (Fsp3) is 0.857. The number of hydrogen-bond acceptors (Lipinski definition) is 3. The average Bonchev–Trinajstić information content (AvgIpc) is 2.95. The van der Waals surface area contributed by atoms with E-state index < -0.39 is 12.0 Å². The Kier molecular flexibility index (Phi) is 4.86. The van der Waals surface area contributed by atoms with Crippen molar-refractivity contribution in [3.63, 3.8) is 0 Å². The molecule has 114 valence electrons. The lowest BCUT2D eigenvalue weighted by atomic mass is 10.0. The van der Waals surface area contributed by atoms with Gasteiger partial charge in [-0.3, -0.25) is 0 Å². The first-order chi connectivity index (χ1) is 9.54. The molecule has 0 aromatic carbocycles. The van der Waals surface area contributed by atoms with Crippen molar-refractivity contribution in [1.29, 1.82) is 0 Å². The molecule has 0 radical (unpaired) electrons. The predicted octanol–water partition coefficient (Wildman–Crippen LogP) is 1.07. The van der Waals surface area contributed by atoms with E-state index in [9.17, 15) is 14.7 Å². The number of carbonyl (C=O) groups is 2. The van der Waals surface area contributed by atoms with Crippen molar-refractivity contribution in [2.75, 3.05) is 33.2 Å². The van der Waals surface area contributed by atoms with Gasteiger partial charge >= 0.3 is 12.0 Å². The molecule has 0 aliphatic carbocycles. The largest absolute Gasteiger partial charge is 0.480 e. The van der Waals surface area contributed by atoms with E-state index >= 15 is 0 Å². The lowest BCUT2D eigenvalue weighted by Gasteiger charge is -2.38. The topological polar surface area (TPSA) is 64.1 Å². The second-order valence-electron chi connectivity index (χ2n) is 5.75. The molecule has 2 aliphatic heterocycles. The van der Waals surface area contributed by atoms with Crippen molar-refractivity contribution in [1.82, 2.24) is 14.7 Å². The minimum atomic E-state index is -0.884. The molecule has 0 bridgehead atoms. The van der Waals surface area contributed by atoms with Gasteiger partial charge in [-0.05, 0) is 32.2 Å². The van der Waals surface area contributed by atoms with Crippen LogP contribution in [-0.4, -0.2) is 77.1 Å². The van der Waals surface area contributed by atoms with Gasteiger partial charge in [-0.25, -0.2) is 9.59 Å². The highest BCUT2D eigenvalue weighted by atomic mass is 16.4. The van der Waals surface area contributed by atoms with Gasteiger partial charge in [0, 0.05) is 32.7 Å². The van der Waals surface area contributed by atoms with Gasteiger partial charge in [0.25, 0.3) is 0 Å². The van der Waals surface area contributed by atoms with E-state index in [4.69, 9.17) is 0 Å². The number of hydrogen-bond donors (Lipinski definition) is 1. The van der Waals surface area contributed by atoms with Crippen LogP contribution in [0.1, 0.15) is 32.6 Å². The lowest BCUT2D eigenvalue weighted by Crippen LogP contribution is -2.52. The normalized spacial score (nSPS) is 24.9. The Morgan fingerprint density at radius 1 is 1.20 bits per heavy atom. The molecule has 6 nitrogen and oxygen atoms in total. The van der Waals surface area contributed by atoms with Gasteiger partial charge in [0.05, 0.1) is 0 Å². The first kappa shape index (κ1) is 15.1. The Hall–Kier alpha value is -1.30. The van der Waals surface area contributed by atoms with Crippen LogP contribution in [-0.2, 0) is 4.79 Å². The monoisotopic (exact) mass is 283 g/mol. The summed E-state index contributed by atoms with van der Waals surface area (Å²) in [5.74, 6) is -0.884. The Balaban J connectivity index is 1.93. The molecule has 2 fully saturated rings. The highest BCUT2D eigenvalue weighted by Gasteiger charge is 2.37. The SMILES string of the molecule is CCN1CCC(N(C)C(=O)N2CCCC2C(=O)O)CC1. The van der Waals surface area contributed by atoms with Crippen molar-refractivity contribution in [3.8, 4) is 0 Å². The number of carboxylic acid groups (broad SMARTS) is 1. The third kappa shape index (κ3) is 3.06. The van der Waals surface area contributed by atoms with Crippen LogP contribution in [0.5, 0.6) is 0 Å². The smallest absolute Gasteiger partial charge is 0.326 e. The number of likely N-dealkylation sites (tertiary alicyclic amines) is 2. The number of carbonyl (C=O) groups excluding carboxylic acids is 1. The van der Waals surface area contributed by atoms with Gasteiger partial charge in [0.15, 0.2) is 0 Å². The summed E-state index contributed by atoms with van der Waals surface area (Å²) in [7, 11) is 1.81. The molecule has 2 amide bonds. The third-order valence-corrected chi connectivity index (χ3v) is 4.64. The molecule has 0 aromatic heterocycles. The molecule has 2 heterocycles. The van der Waals surface area contributed by atoms with Crippen LogP contribution in [0.15, 0.2) is 0 Å². The predicted molar refractivity (Wildman–Crippen MR) is 75.7 cm³/mol. The molecule has 2 aliphatic rings. The summed E-state index contributed by atoms with van der Waals surface area (Å²) in [5, 5.41) is 9.17. The molecule has 0 saturated carbocycles. The highest BCUT2D eigenvalue weighted by molar-refractivity contribution is 5.83. The van der Waals surface area contributed by atoms with E-state index in [0.717, 1.165) is 38.9 Å². The number of nitrogens with zero attached hydrogens (tertiary/aromatic N) is 3. The summed E-state index contributed by atoms with van der Waals surface area (Å²) in [5.41, 5.74) is 0. The van der Waals surface area contributed by atoms with Gasteiger partial charge in [-0.2, -0.15) is 0 Å². The van der Waals surface area contributed by atoms with Crippen LogP contribution in [0.25, 0.3) is 0 Å². The molecule has 6 heteroatoms. The van der Waals surface area contributed by atoms with E-state index in [0.29, 0.717) is 13.0 Å². The van der Waals surface area contributed by atoms with Crippen LogP contribution in [0.3, 0.4) is 0 Å². The number of carboxylic acids is 1. The molecule has 2 saturated heterocycles. The van der Waals surface area contributed by atoms with E-state index in [1.165, 1.54) is 4.90 Å². The van der Waals surface area contributed by atoms with Crippen molar-refractivity contribution >= 4 is 12.0 Å². The first-order valence-electron chi connectivity index (χ1n) is 7.53. The Labute approximate surface area is 120 Å². The van der Waals surface area contributed by atoms with Crippen molar-refractivity contribution < 1.29 is 14.7 Å². The van der Waals surface area contributed by atoms with Crippen LogP contribution >= 0.6 is 0 Å². The number of urea groups is 1. The minimum Gasteiger partial charge on any atom is -0.480 e. The number of aliphatic carboxylic acids is 1. The molecule has 1 atom stereocenters. The van der Waals surface area contributed by atoms with Crippen LogP contribution in [0, 0.1) is 0 Å². The standard InChI is InChI=1S/C14H25N3O3/c1-3-16-9-6-11(7-10-16)15(2)14(20)17-8-4-5-12(17)13(18)19/h11-12H,3-10H2,1-2H3,(H,18,19). The molecule has 20 heavy (non-hydrogen) atoms. The molecule has 1 N–H and O–H groups in total. The maximum absolute atomic E-state index is 12.5. The molecule has 0 aromatic rings. The number of rotatable bonds is 3. The highest BCUT2D eigenvalue weighted by Crippen LogP contribution is 2.22. The van der Waals surface area contributed by atoms with E-state index in [1.54, 1.807) is 4.90 Å². The first-order valence-corrected chi connectivity index (χ1v) is 7.53. The van der Waals surface area contributed by atoms with Gasteiger partial charge in [0.2, 0.25) is 0 Å². The Bertz CT molecular complexity index is 367. The lowest BCUT2D eigenvalue weighted by molar-refractivity contribution is -0.141. The van der Waals surface area contributed by atoms with E-state index in [2.05, 4.69) is 11.8 Å². The minimum absolute atomic E-state index is 0.121.